The minimum absolute atomic E-state index is 0.0855. The molecule has 30 heavy (non-hydrogen) atoms. The van der Waals surface area contributed by atoms with Crippen LogP contribution in [-0.2, 0) is 6.61 Å². The van der Waals surface area contributed by atoms with Crippen molar-refractivity contribution in [3.8, 4) is 5.69 Å². The Morgan fingerprint density at radius 3 is 2.17 bits per heavy atom. The van der Waals surface area contributed by atoms with Gasteiger partial charge in [0.2, 0.25) is 0 Å². The highest BCUT2D eigenvalue weighted by atomic mass is 28.3. The van der Waals surface area contributed by atoms with Crippen molar-refractivity contribution in [1.29, 1.82) is 0 Å². The van der Waals surface area contributed by atoms with Crippen LogP contribution in [0.3, 0.4) is 0 Å². The van der Waals surface area contributed by atoms with Crippen LogP contribution in [0.5, 0.6) is 0 Å². The molecular formula is C27H25NOSi. The van der Waals surface area contributed by atoms with E-state index in [2.05, 4.69) is 103 Å². The number of benzene rings is 4. The van der Waals surface area contributed by atoms with Crippen LogP contribution in [0, 0.1) is 0 Å². The number of nitrogens with zero attached hydrogens (tertiary/aromatic N) is 1. The molecule has 0 radical (unpaired) electrons. The van der Waals surface area contributed by atoms with Crippen molar-refractivity contribution in [2.45, 2.75) is 19.7 Å². The van der Waals surface area contributed by atoms with E-state index in [1.807, 2.05) is 12.1 Å². The Kier molecular flexibility index (Phi) is 4.57. The van der Waals surface area contributed by atoms with Gasteiger partial charge < -0.3 is 9.67 Å². The Morgan fingerprint density at radius 2 is 1.37 bits per heavy atom. The monoisotopic (exact) mass is 407 g/mol. The van der Waals surface area contributed by atoms with Gasteiger partial charge in [0, 0.05) is 16.5 Å². The van der Waals surface area contributed by atoms with Crippen molar-refractivity contribution < 1.29 is 5.11 Å². The summed E-state index contributed by atoms with van der Waals surface area (Å²) in [5.74, 6) is 0. The average Bonchev–Trinajstić information content (AvgIpc) is 3.13. The summed E-state index contributed by atoms with van der Waals surface area (Å²) in [5.41, 5.74) is 4.68. The fourth-order valence-corrected chi connectivity index (χ4v) is 7.43. The van der Waals surface area contributed by atoms with Crippen LogP contribution in [0.1, 0.15) is 5.56 Å². The standard InChI is InChI=1S/C27H25NOSi/c1-30(2,27-15-9-6-10-20(27)19-29)22-16-17-26-24(18-22)23-13-7-8-14-25(23)28(26)21-11-4-3-5-12-21/h3-18,29H,19H2,1-2H3. The highest BCUT2D eigenvalue weighted by molar-refractivity contribution is 7.00. The maximum absolute atomic E-state index is 9.89. The van der Waals surface area contributed by atoms with Crippen LogP contribution in [0.25, 0.3) is 27.5 Å². The molecule has 0 aliphatic rings. The molecule has 3 heteroatoms. The van der Waals surface area contributed by atoms with Gasteiger partial charge in [0.15, 0.2) is 0 Å². The van der Waals surface area contributed by atoms with Gasteiger partial charge in [-0.05, 0) is 35.0 Å². The Bertz CT molecular complexity index is 1350. The lowest BCUT2D eigenvalue weighted by Gasteiger charge is -2.26. The topological polar surface area (TPSA) is 25.2 Å². The molecule has 0 bridgehead atoms. The molecule has 0 spiro atoms. The van der Waals surface area contributed by atoms with Crippen molar-refractivity contribution in [3.05, 3.63) is 103 Å². The molecule has 4 aromatic carbocycles. The maximum Gasteiger partial charge on any atom is 0.112 e. The Balaban J connectivity index is 1.77. The van der Waals surface area contributed by atoms with E-state index in [4.69, 9.17) is 0 Å². The Labute approximate surface area is 178 Å². The van der Waals surface area contributed by atoms with Crippen LogP contribution in [0.15, 0.2) is 97.1 Å². The van der Waals surface area contributed by atoms with Gasteiger partial charge in [-0.25, -0.2) is 0 Å². The largest absolute Gasteiger partial charge is 0.392 e. The van der Waals surface area contributed by atoms with Crippen molar-refractivity contribution >= 4 is 40.3 Å². The molecule has 5 aromatic rings. The SMILES string of the molecule is C[Si](C)(c1ccc2c(c1)c1ccccc1n2-c1ccccc1)c1ccccc1CO. The van der Waals surface area contributed by atoms with Crippen LogP contribution in [0.4, 0.5) is 0 Å². The van der Waals surface area contributed by atoms with E-state index in [1.54, 1.807) is 0 Å². The normalized spacial score (nSPS) is 12.0. The molecule has 5 rings (SSSR count). The average molecular weight is 408 g/mol. The van der Waals surface area contributed by atoms with Crippen LogP contribution in [0.2, 0.25) is 13.1 Å². The summed E-state index contributed by atoms with van der Waals surface area (Å²) in [7, 11) is -1.96. The van der Waals surface area contributed by atoms with E-state index in [0.717, 1.165) is 5.56 Å². The summed E-state index contributed by atoms with van der Waals surface area (Å²) in [5, 5.41) is 15.1. The number of rotatable bonds is 4. The molecule has 1 aromatic heterocycles. The van der Waals surface area contributed by atoms with Gasteiger partial charge in [0.25, 0.3) is 0 Å². The van der Waals surface area contributed by atoms with E-state index in [9.17, 15) is 5.11 Å². The summed E-state index contributed by atoms with van der Waals surface area (Å²) >= 11 is 0. The van der Waals surface area contributed by atoms with E-state index < -0.39 is 8.07 Å². The van der Waals surface area contributed by atoms with Gasteiger partial charge >= 0.3 is 0 Å². The lowest BCUT2D eigenvalue weighted by atomic mass is 10.1. The summed E-state index contributed by atoms with van der Waals surface area (Å²) < 4.78 is 2.35. The van der Waals surface area contributed by atoms with Crippen molar-refractivity contribution in [1.82, 2.24) is 4.57 Å². The first kappa shape index (κ1) is 18.9. The lowest BCUT2D eigenvalue weighted by molar-refractivity contribution is 0.283. The number of fused-ring (bicyclic) bond motifs is 3. The summed E-state index contributed by atoms with van der Waals surface area (Å²) in [6.07, 6.45) is 0. The minimum Gasteiger partial charge on any atom is -0.392 e. The molecule has 1 heterocycles. The number of aromatic nitrogens is 1. The molecule has 0 saturated heterocycles. The van der Waals surface area contributed by atoms with Crippen molar-refractivity contribution in [2.24, 2.45) is 0 Å². The second-order valence-electron chi connectivity index (χ2n) is 8.36. The highest BCUT2D eigenvalue weighted by Gasteiger charge is 2.29. The first-order chi connectivity index (χ1) is 14.6. The molecule has 0 saturated carbocycles. The van der Waals surface area contributed by atoms with Crippen LogP contribution >= 0.6 is 0 Å². The molecule has 0 unspecified atom stereocenters. The molecule has 0 aliphatic carbocycles. The van der Waals surface area contributed by atoms with E-state index in [0.29, 0.717) is 0 Å². The molecule has 1 N–H and O–H groups in total. The van der Waals surface area contributed by atoms with E-state index in [-0.39, 0.29) is 6.61 Å². The first-order valence-electron chi connectivity index (χ1n) is 10.4. The molecule has 148 valence electrons. The van der Waals surface area contributed by atoms with Gasteiger partial charge in [-0.15, -0.1) is 0 Å². The third-order valence-corrected chi connectivity index (χ3v) is 9.86. The predicted molar refractivity (Wildman–Crippen MR) is 130 cm³/mol. The number of hydrogen-bond donors (Lipinski definition) is 1. The second-order valence-corrected chi connectivity index (χ2v) is 12.7. The molecule has 0 fully saturated rings. The summed E-state index contributed by atoms with van der Waals surface area (Å²) in [6.45, 7) is 4.83. The van der Waals surface area contributed by atoms with Crippen LogP contribution < -0.4 is 10.4 Å². The van der Waals surface area contributed by atoms with Gasteiger partial charge in [-0.3, -0.25) is 0 Å². The Morgan fingerprint density at radius 1 is 0.700 bits per heavy atom. The van der Waals surface area contributed by atoms with E-state index in [1.165, 1.54) is 37.9 Å². The third kappa shape index (κ3) is 2.90. The molecular weight excluding hydrogens is 382 g/mol. The summed E-state index contributed by atoms with van der Waals surface area (Å²) in [4.78, 5) is 0. The first-order valence-corrected chi connectivity index (χ1v) is 13.4. The van der Waals surface area contributed by atoms with Gasteiger partial charge in [0.1, 0.15) is 8.07 Å². The number of aliphatic hydroxyl groups excluding tert-OH is 1. The summed E-state index contributed by atoms with van der Waals surface area (Å²) in [6, 6.07) is 34.5. The number of para-hydroxylation sites is 2. The zero-order valence-corrected chi connectivity index (χ0v) is 18.3. The van der Waals surface area contributed by atoms with Crippen molar-refractivity contribution in [2.75, 3.05) is 0 Å². The molecule has 0 amide bonds. The smallest absolute Gasteiger partial charge is 0.112 e. The second kappa shape index (κ2) is 7.28. The van der Waals surface area contributed by atoms with Crippen LogP contribution in [-0.4, -0.2) is 17.7 Å². The van der Waals surface area contributed by atoms with Gasteiger partial charge in [-0.1, -0.05) is 91.1 Å². The molecule has 0 aliphatic heterocycles. The third-order valence-electron chi connectivity index (χ3n) is 6.27. The fourth-order valence-electron chi connectivity index (χ4n) is 4.64. The molecule has 0 atom stereocenters. The minimum atomic E-state index is -1.96. The van der Waals surface area contributed by atoms with Gasteiger partial charge in [0.05, 0.1) is 17.6 Å². The lowest BCUT2D eigenvalue weighted by Crippen LogP contribution is -2.54. The number of hydrogen-bond acceptors (Lipinski definition) is 1. The predicted octanol–water partition coefficient (Wildman–Crippen LogP) is 5.10. The fraction of sp³-hybridized carbons (Fsp3) is 0.111. The van der Waals surface area contributed by atoms with Crippen molar-refractivity contribution in [3.63, 3.8) is 0 Å². The molecule has 2 nitrogen and oxygen atoms in total. The van der Waals surface area contributed by atoms with Gasteiger partial charge in [-0.2, -0.15) is 0 Å². The van der Waals surface area contributed by atoms with E-state index >= 15 is 0 Å². The quantitative estimate of drug-likeness (QED) is 0.412. The Hall–Kier alpha value is -3.14. The number of aliphatic hydroxyl groups is 1. The zero-order valence-electron chi connectivity index (χ0n) is 17.3. The maximum atomic E-state index is 9.89. The highest BCUT2D eigenvalue weighted by Crippen LogP contribution is 2.31. The zero-order chi connectivity index (χ0) is 20.7.